The Morgan fingerprint density at radius 2 is 2.10 bits per heavy atom. The molecule has 2 rings (SSSR count). The van der Waals surface area contributed by atoms with Crippen LogP contribution in [-0.4, -0.2) is 25.1 Å². The number of hydrogen-bond acceptors (Lipinski definition) is 5. The number of aromatic nitrogens is 2. The van der Waals surface area contributed by atoms with Crippen molar-refractivity contribution in [2.24, 2.45) is 0 Å². The maximum Gasteiger partial charge on any atom is 0.242 e. The van der Waals surface area contributed by atoms with E-state index >= 15 is 0 Å². The van der Waals surface area contributed by atoms with E-state index in [1.165, 1.54) is 6.20 Å². The van der Waals surface area contributed by atoms with Crippen LogP contribution in [-0.2, 0) is 23.1 Å². The quantitative estimate of drug-likeness (QED) is 0.713. The molecule has 0 aliphatic carbocycles. The van der Waals surface area contributed by atoms with Crippen LogP contribution in [0.5, 0.6) is 0 Å². The van der Waals surface area contributed by atoms with Gasteiger partial charge in [0.1, 0.15) is 5.76 Å². The second-order valence-corrected chi connectivity index (χ2v) is 6.54. The summed E-state index contributed by atoms with van der Waals surface area (Å²) in [6.07, 6.45) is 1.49. The molecule has 7 nitrogen and oxygen atoms in total. The molecule has 0 amide bonds. The number of aromatic amines is 1. The largest absolute Gasteiger partial charge is 0.363 e. The number of nitrogens with zero attached hydrogens (tertiary/aromatic N) is 1. The highest BCUT2D eigenvalue weighted by atomic mass is 32.2. The molecule has 0 aliphatic rings. The number of sulfonamides is 1. The lowest BCUT2D eigenvalue weighted by Crippen LogP contribution is -2.23. The smallest absolute Gasteiger partial charge is 0.242 e. The van der Waals surface area contributed by atoms with Gasteiger partial charge < -0.3 is 14.8 Å². The number of nitrogens with one attached hydrogen (secondary N) is 3. The zero-order valence-electron chi connectivity index (χ0n) is 12.4. The summed E-state index contributed by atoms with van der Waals surface area (Å²) in [5, 5.41) is 6.93. The highest BCUT2D eigenvalue weighted by molar-refractivity contribution is 7.89. The fourth-order valence-corrected chi connectivity index (χ4v) is 2.95. The zero-order valence-corrected chi connectivity index (χ0v) is 13.2. The summed E-state index contributed by atoms with van der Waals surface area (Å²) in [6, 6.07) is 1.62. The molecule has 116 valence electrons. The molecule has 8 heteroatoms. The molecular weight excluding hydrogens is 292 g/mol. The third kappa shape index (κ3) is 3.72. The summed E-state index contributed by atoms with van der Waals surface area (Å²) in [6.45, 7) is 7.13. The van der Waals surface area contributed by atoms with Gasteiger partial charge in [0, 0.05) is 30.5 Å². The van der Waals surface area contributed by atoms with Gasteiger partial charge in [0.2, 0.25) is 10.0 Å². The first kappa shape index (κ1) is 15.7. The van der Waals surface area contributed by atoms with Crippen LogP contribution in [0.25, 0.3) is 0 Å². The van der Waals surface area contributed by atoms with Crippen molar-refractivity contribution in [1.82, 2.24) is 20.2 Å². The van der Waals surface area contributed by atoms with E-state index in [0.29, 0.717) is 18.0 Å². The lowest BCUT2D eigenvalue weighted by molar-refractivity contribution is 0.392. The molecule has 2 aromatic heterocycles. The molecule has 0 aromatic carbocycles. The lowest BCUT2D eigenvalue weighted by atomic mass is 10.2. The van der Waals surface area contributed by atoms with Crippen LogP contribution in [0, 0.1) is 13.8 Å². The van der Waals surface area contributed by atoms with E-state index in [9.17, 15) is 8.42 Å². The number of H-pyrrole nitrogens is 1. The topological polar surface area (TPSA) is 100 Å². The van der Waals surface area contributed by atoms with Gasteiger partial charge >= 0.3 is 0 Å². The second kappa shape index (κ2) is 6.42. The van der Waals surface area contributed by atoms with Gasteiger partial charge in [-0.1, -0.05) is 12.1 Å². The third-order valence-corrected chi connectivity index (χ3v) is 4.59. The second-order valence-electron chi connectivity index (χ2n) is 4.77. The maximum absolute atomic E-state index is 12.2. The fourth-order valence-electron chi connectivity index (χ4n) is 1.94. The first-order valence-corrected chi connectivity index (χ1v) is 8.21. The van der Waals surface area contributed by atoms with Gasteiger partial charge in [-0.25, -0.2) is 13.1 Å². The summed E-state index contributed by atoms with van der Waals surface area (Å²) in [5.74, 6) is 0.622. The van der Waals surface area contributed by atoms with Gasteiger partial charge in [0.15, 0.2) is 0 Å². The van der Waals surface area contributed by atoms with Crippen molar-refractivity contribution in [2.75, 3.05) is 6.54 Å². The summed E-state index contributed by atoms with van der Waals surface area (Å²) < 4.78 is 32.0. The number of aryl methyl sites for hydroxylation is 2. The molecule has 3 N–H and O–H groups in total. The van der Waals surface area contributed by atoms with Crippen molar-refractivity contribution >= 4 is 10.0 Å². The average Bonchev–Trinajstić information content (AvgIpc) is 3.03. The molecule has 2 aromatic rings. The predicted octanol–water partition coefficient (Wildman–Crippen LogP) is 1.21. The number of hydrogen-bond donors (Lipinski definition) is 3. The minimum Gasteiger partial charge on any atom is -0.363 e. The predicted molar refractivity (Wildman–Crippen MR) is 78.2 cm³/mol. The van der Waals surface area contributed by atoms with E-state index in [-0.39, 0.29) is 11.4 Å². The van der Waals surface area contributed by atoms with Crippen LogP contribution in [0.3, 0.4) is 0 Å². The van der Waals surface area contributed by atoms with Crippen molar-refractivity contribution in [3.05, 3.63) is 35.0 Å². The van der Waals surface area contributed by atoms with E-state index in [1.807, 2.05) is 6.92 Å². The summed E-state index contributed by atoms with van der Waals surface area (Å²) in [5.41, 5.74) is 2.29. The van der Waals surface area contributed by atoms with E-state index in [1.54, 1.807) is 19.9 Å². The van der Waals surface area contributed by atoms with Crippen LogP contribution in [0.4, 0.5) is 0 Å². The Morgan fingerprint density at radius 1 is 1.33 bits per heavy atom. The highest BCUT2D eigenvalue weighted by Gasteiger charge is 2.18. The molecule has 0 bridgehead atoms. The van der Waals surface area contributed by atoms with E-state index < -0.39 is 10.0 Å². The molecule has 0 fully saturated rings. The van der Waals surface area contributed by atoms with Crippen LogP contribution in [0.1, 0.15) is 29.6 Å². The molecule has 0 saturated heterocycles. The van der Waals surface area contributed by atoms with Crippen LogP contribution in [0.2, 0.25) is 0 Å². The average molecular weight is 312 g/mol. The maximum atomic E-state index is 12.2. The van der Waals surface area contributed by atoms with E-state index in [2.05, 4.69) is 20.2 Å². The Bertz CT molecular complexity index is 683. The molecular formula is C13H20N4O3S. The first-order chi connectivity index (χ1) is 9.94. The zero-order chi connectivity index (χ0) is 15.5. The van der Waals surface area contributed by atoms with Gasteiger partial charge in [-0.05, 0) is 26.5 Å². The minimum absolute atomic E-state index is 0.164. The Kier molecular flexibility index (Phi) is 4.81. The van der Waals surface area contributed by atoms with Crippen molar-refractivity contribution in [2.45, 2.75) is 38.8 Å². The molecule has 0 saturated carbocycles. The molecule has 0 unspecified atom stereocenters. The van der Waals surface area contributed by atoms with E-state index in [4.69, 9.17) is 4.52 Å². The Morgan fingerprint density at radius 3 is 2.71 bits per heavy atom. The van der Waals surface area contributed by atoms with E-state index in [0.717, 1.165) is 17.8 Å². The Hall–Kier alpha value is -1.64. The van der Waals surface area contributed by atoms with Gasteiger partial charge in [-0.2, -0.15) is 0 Å². The van der Waals surface area contributed by atoms with Crippen LogP contribution >= 0.6 is 0 Å². The number of rotatable bonds is 7. The minimum atomic E-state index is -3.55. The third-order valence-electron chi connectivity index (χ3n) is 3.21. The molecule has 0 spiro atoms. The lowest BCUT2D eigenvalue weighted by Gasteiger charge is -2.04. The van der Waals surface area contributed by atoms with Crippen molar-refractivity contribution < 1.29 is 12.9 Å². The highest BCUT2D eigenvalue weighted by Crippen LogP contribution is 2.15. The summed E-state index contributed by atoms with van der Waals surface area (Å²) in [4.78, 5) is 3.17. The Labute approximate surface area is 124 Å². The standard InChI is InChI=1S/C13H20N4O3S/c1-4-14-6-11-5-12(7-15-11)21(18,19)16-8-13-9(2)17-20-10(13)3/h5,7,14-16H,4,6,8H2,1-3H3. The fraction of sp³-hybridized carbons (Fsp3) is 0.462. The Balaban J connectivity index is 2.06. The molecule has 21 heavy (non-hydrogen) atoms. The first-order valence-electron chi connectivity index (χ1n) is 6.73. The molecule has 2 heterocycles. The molecule has 0 atom stereocenters. The van der Waals surface area contributed by atoms with Crippen molar-refractivity contribution in [1.29, 1.82) is 0 Å². The van der Waals surface area contributed by atoms with Gasteiger partial charge in [-0.15, -0.1) is 0 Å². The van der Waals surface area contributed by atoms with Crippen molar-refractivity contribution in [3.8, 4) is 0 Å². The van der Waals surface area contributed by atoms with Crippen LogP contribution in [0.15, 0.2) is 21.7 Å². The summed E-state index contributed by atoms with van der Waals surface area (Å²) in [7, 11) is -3.55. The SMILES string of the molecule is CCNCc1cc(S(=O)(=O)NCc2c(C)noc2C)c[nH]1. The van der Waals surface area contributed by atoms with Gasteiger partial charge in [0.25, 0.3) is 0 Å². The summed E-state index contributed by atoms with van der Waals surface area (Å²) >= 11 is 0. The normalized spacial score (nSPS) is 12.0. The van der Waals surface area contributed by atoms with Crippen LogP contribution < -0.4 is 10.0 Å². The molecule has 0 radical (unpaired) electrons. The monoisotopic (exact) mass is 312 g/mol. The van der Waals surface area contributed by atoms with Gasteiger partial charge in [0.05, 0.1) is 10.6 Å². The van der Waals surface area contributed by atoms with Crippen molar-refractivity contribution in [3.63, 3.8) is 0 Å². The molecule has 0 aliphatic heterocycles. The van der Waals surface area contributed by atoms with Gasteiger partial charge in [-0.3, -0.25) is 0 Å².